The summed E-state index contributed by atoms with van der Waals surface area (Å²) in [6.45, 7) is 1.77. The highest BCUT2D eigenvalue weighted by Gasteiger charge is 2.32. The Kier molecular flexibility index (Phi) is 5.20. The fourth-order valence-electron chi connectivity index (χ4n) is 1.97. The number of nitrogens with zero attached hydrogens (tertiary/aromatic N) is 1. The minimum absolute atomic E-state index is 0.0443. The first-order chi connectivity index (χ1) is 10.5. The maximum Gasteiger partial charge on any atom is 0.416 e. The van der Waals surface area contributed by atoms with Crippen LogP contribution in [0.4, 0.5) is 13.2 Å². The lowest BCUT2D eigenvalue weighted by Crippen LogP contribution is -2.09. The highest BCUT2D eigenvalue weighted by Crippen LogP contribution is 2.32. The summed E-state index contributed by atoms with van der Waals surface area (Å²) >= 11 is 0. The van der Waals surface area contributed by atoms with Gasteiger partial charge in [-0.3, -0.25) is 0 Å². The Bertz CT molecular complexity index is 650. The maximum atomic E-state index is 12.8. The molecular formula is C17H15F3NO. The Morgan fingerprint density at radius 3 is 2.59 bits per heavy atom. The Morgan fingerprint density at radius 2 is 1.86 bits per heavy atom. The topological polar surface area (TPSA) is 21.6 Å². The highest BCUT2D eigenvalue weighted by atomic mass is 19.4. The number of hydrogen-bond donors (Lipinski definition) is 0. The molecule has 0 bridgehead atoms. The minimum Gasteiger partial charge on any atom is -0.390 e. The van der Waals surface area contributed by atoms with Gasteiger partial charge < -0.3 is 4.84 Å². The molecule has 0 saturated carbocycles. The second-order valence-electron chi connectivity index (χ2n) is 4.69. The zero-order chi connectivity index (χ0) is 16.0. The second-order valence-corrected chi connectivity index (χ2v) is 4.69. The zero-order valence-electron chi connectivity index (χ0n) is 12.0. The second kappa shape index (κ2) is 7.11. The third-order valence-corrected chi connectivity index (χ3v) is 3.12. The number of alkyl halides is 3. The molecule has 0 saturated heterocycles. The molecule has 1 radical (unpaired) electrons. The van der Waals surface area contributed by atoms with Crippen molar-refractivity contribution in [2.75, 3.05) is 0 Å². The van der Waals surface area contributed by atoms with Gasteiger partial charge >= 0.3 is 6.18 Å². The van der Waals surface area contributed by atoms with E-state index in [1.807, 2.05) is 25.1 Å². The SMILES string of the molecule is CCc1cccc(/[C]=N\OCc2ccccc2C(F)(F)F)c1. The van der Waals surface area contributed by atoms with Crippen LogP contribution >= 0.6 is 0 Å². The van der Waals surface area contributed by atoms with Gasteiger partial charge in [-0.2, -0.15) is 13.2 Å². The molecule has 2 nitrogen and oxygen atoms in total. The van der Waals surface area contributed by atoms with E-state index in [0.717, 1.165) is 23.6 Å². The standard InChI is InChI=1S/C17H15F3NO/c1-2-13-6-5-7-14(10-13)11-21-22-12-15-8-3-4-9-16(15)17(18,19)20/h3-10H,2,12H2,1H3. The van der Waals surface area contributed by atoms with Crippen LogP contribution in [0.5, 0.6) is 0 Å². The van der Waals surface area contributed by atoms with Crippen LogP contribution in [-0.4, -0.2) is 6.21 Å². The lowest BCUT2D eigenvalue weighted by molar-refractivity contribution is -0.138. The zero-order valence-corrected chi connectivity index (χ0v) is 12.0. The molecule has 0 aliphatic heterocycles. The average Bonchev–Trinajstić information content (AvgIpc) is 2.51. The van der Waals surface area contributed by atoms with E-state index in [2.05, 4.69) is 11.4 Å². The number of benzene rings is 2. The molecule has 0 aliphatic rings. The molecule has 0 N–H and O–H groups in total. The maximum absolute atomic E-state index is 12.8. The van der Waals surface area contributed by atoms with Crippen molar-refractivity contribution in [3.63, 3.8) is 0 Å². The molecule has 0 unspecified atom stereocenters. The van der Waals surface area contributed by atoms with Gasteiger partial charge in [0.2, 0.25) is 0 Å². The first kappa shape index (κ1) is 16.1. The van der Waals surface area contributed by atoms with E-state index in [0.29, 0.717) is 0 Å². The van der Waals surface area contributed by atoms with Crippen molar-refractivity contribution in [2.24, 2.45) is 5.16 Å². The molecular weight excluding hydrogens is 291 g/mol. The van der Waals surface area contributed by atoms with E-state index in [4.69, 9.17) is 4.84 Å². The summed E-state index contributed by atoms with van der Waals surface area (Å²) in [6, 6.07) is 12.8. The minimum atomic E-state index is -4.40. The monoisotopic (exact) mass is 306 g/mol. The first-order valence-electron chi connectivity index (χ1n) is 6.82. The molecule has 0 aromatic heterocycles. The Hall–Kier alpha value is -2.30. The predicted octanol–water partition coefficient (Wildman–Crippen LogP) is 4.70. The van der Waals surface area contributed by atoms with Gasteiger partial charge in [0, 0.05) is 11.1 Å². The van der Waals surface area contributed by atoms with E-state index in [-0.39, 0.29) is 12.2 Å². The largest absolute Gasteiger partial charge is 0.416 e. The van der Waals surface area contributed by atoms with E-state index in [1.54, 1.807) is 6.07 Å². The smallest absolute Gasteiger partial charge is 0.390 e. The number of hydrogen-bond acceptors (Lipinski definition) is 2. The highest BCUT2D eigenvalue weighted by molar-refractivity contribution is 5.79. The van der Waals surface area contributed by atoms with Crippen molar-refractivity contribution >= 4 is 6.21 Å². The van der Waals surface area contributed by atoms with Crippen LogP contribution in [0.1, 0.15) is 29.2 Å². The van der Waals surface area contributed by atoms with E-state index >= 15 is 0 Å². The Labute approximate surface area is 127 Å². The van der Waals surface area contributed by atoms with Crippen molar-refractivity contribution in [1.29, 1.82) is 0 Å². The molecule has 2 rings (SSSR count). The van der Waals surface area contributed by atoms with Crippen molar-refractivity contribution in [1.82, 2.24) is 0 Å². The molecule has 2 aromatic rings. The predicted molar refractivity (Wildman–Crippen MR) is 78.6 cm³/mol. The van der Waals surface area contributed by atoms with Crippen LogP contribution in [0.2, 0.25) is 0 Å². The van der Waals surface area contributed by atoms with Crippen molar-refractivity contribution in [3.8, 4) is 0 Å². The summed E-state index contributed by atoms with van der Waals surface area (Å²) in [7, 11) is 0. The van der Waals surface area contributed by atoms with Crippen molar-refractivity contribution in [2.45, 2.75) is 26.1 Å². The molecule has 5 heteroatoms. The van der Waals surface area contributed by atoms with Crippen LogP contribution in [0.15, 0.2) is 53.7 Å². The molecule has 0 heterocycles. The molecule has 2 aromatic carbocycles. The number of rotatable bonds is 5. The van der Waals surface area contributed by atoms with Gasteiger partial charge in [0.15, 0.2) is 0 Å². The molecule has 0 spiro atoms. The van der Waals surface area contributed by atoms with Gasteiger partial charge in [-0.25, -0.2) is 0 Å². The van der Waals surface area contributed by atoms with Crippen LogP contribution in [-0.2, 0) is 24.0 Å². The fraction of sp³-hybridized carbons (Fsp3) is 0.235. The summed E-state index contributed by atoms with van der Waals surface area (Å²) in [4.78, 5) is 4.95. The van der Waals surface area contributed by atoms with Crippen LogP contribution in [0.25, 0.3) is 0 Å². The number of halogens is 3. The fourth-order valence-corrected chi connectivity index (χ4v) is 1.97. The first-order valence-corrected chi connectivity index (χ1v) is 6.82. The summed E-state index contributed by atoms with van der Waals surface area (Å²) in [5, 5.41) is 3.62. The van der Waals surface area contributed by atoms with E-state index in [1.165, 1.54) is 18.2 Å². The molecule has 0 aliphatic carbocycles. The lowest BCUT2D eigenvalue weighted by atomic mass is 10.1. The lowest BCUT2D eigenvalue weighted by Gasteiger charge is -2.11. The molecule has 22 heavy (non-hydrogen) atoms. The van der Waals surface area contributed by atoms with Gasteiger partial charge in [0.1, 0.15) is 12.8 Å². The molecule has 0 fully saturated rings. The third kappa shape index (κ3) is 4.35. The quantitative estimate of drug-likeness (QED) is 0.580. The van der Waals surface area contributed by atoms with Crippen molar-refractivity contribution < 1.29 is 18.0 Å². The van der Waals surface area contributed by atoms with Crippen LogP contribution in [0, 0.1) is 0 Å². The third-order valence-electron chi connectivity index (χ3n) is 3.12. The van der Waals surface area contributed by atoms with Crippen molar-refractivity contribution in [3.05, 3.63) is 70.8 Å². The van der Waals surface area contributed by atoms with E-state index < -0.39 is 11.7 Å². The van der Waals surface area contributed by atoms with Gasteiger partial charge in [-0.15, -0.1) is 0 Å². The Balaban J connectivity index is 2.01. The van der Waals surface area contributed by atoms with E-state index in [9.17, 15) is 13.2 Å². The summed E-state index contributed by atoms with van der Waals surface area (Å²) in [5.41, 5.74) is 1.19. The molecule has 115 valence electrons. The normalized spacial score (nSPS) is 11.8. The van der Waals surface area contributed by atoms with Gasteiger partial charge in [-0.1, -0.05) is 48.5 Å². The molecule has 0 atom stereocenters. The Morgan fingerprint density at radius 1 is 1.09 bits per heavy atom. The summed E-state index contributed by atoms with van der Waals surface area (Å²) in [6.07, 6.45) is -0.846. The summed E-state index contributed by atoms with van der Waals surface area (Å²) < 4.78 is 38.4. The van der Waals surface area contributed by atoms with Gasteiger partial charge in [-0.05, 0) is 24.1 Å². The summed E-state index contributed by atoms with van der Waals surface area (Å²) in [5.74, 6) is 0. The number of aryl methyl sites for hydroxylation is 1. The molecule has 0 amide bonds. The van der Waals surface area contributed by atoms with Crippen LogP contribution in [0.3, 0.4) is 0 Å². The van der Waals surface area contributed by atoms with Gasteiger partial charge in [0.25, 0.3) is 0 Å². The van der Waals surface area contributed by atoms with Crippen LogP contribution < -0.4 is 0 Å². The average molecular weight is 306 g/mol. The van der Waals surface area contributed by atoms with Gasteiger partial charge in [0.05, 0.1) is 5.56 Å².